The Morgan fingerprint density at radius 1 is 1.67 bits per heavy atom. The lowest BCUT2D eigenvalue weighted by atomic mass is 10.3. The molecule has 0 spiro atoms. The van der Waals surface area contributed by atoms with Crippen LogP contribution in [0.1, 0.15) is 10.4 Å². The van der Waals surface area contributed by atoms with Crippen LogP contribution in [0.15, 0.2) is 18.5 Å². The van der Waals surface area contributed by atoms with Gasteiger partial charge in [0.1, 0.15) is 5.75 Å². The smallest absolute Gasteiger partial charge is 0.276 e. The molecule has 0 aromatic carbocycles. The molecular weight excluding hydrogens is 160 g/mol. The second-order valence-corrected chi connectivity index (χ2v) is 2.07. The Balaban J connectivity index is 2.81. The summed E-state index contributed by atoms with van der Waals surface area (Å²) in [6, 6.07) is 1.29. The summed E-state index contributed by atoms with van der Waals surface area (Å²) in [4.78, 5) is 19.0. The lowest BCUT2D eigenvalue weighted by Crippen LogP contribution is -2.21. The summed E-state index contributed by atoms with van der Waals surface area (Å²) < 4.78 is 0. The molecule has 0 saturated heterocycles. The molecule has 0 fully saturated rings. The van der Waals surface area contributed by atoms with Crippen molar-refractivity contribution in [3.8, 4) is 5.75 Å². The Hall–Kier alpha value is -1.62. The number of rotatable bonds is 2. The number of carbonyl (C=O) groups excluding carboxylic acids is 1. The van der Waals surface area contributed by atoms with E-state index in [1.807, 2.05) is 0 Å². The van der Waals surface area contributed by atoms with Crippen LogP contribution in [0.3, 0.4) is 0 Å². The van der Waals surface area contributed by atoms with Gasteiger partial charge in [0.05, 0.1) is 18.9 Å². The van der Waals surface area contributed by atoms with Crippen molar-refractivity contribution in [1.29, 1.82) is 0 Å². The third kappa shape index (κ3) is 1.93. The highest BCUT2D eigenvalue weighted by Crippen LogP contribution is 2.07. The Labute approximate surface area is 69.0 Å². The SMILES string of the molecule is CONC(=O)c1cncc(O)c1. The summed E-state index contributed by atoms with van der Waals surface area (Å²) in [5, 5.41) is 8.95. The van der Waals surface area contributed by atoms with Gasteiger partial charge in [-0.25, -0.2) is 5.48 Å². The molecule has 2 N–H and O–H groups in total. The zero-order chi connectivity index (χ0) is 8.97. The van der Waals surface area contributed by atoms with E-state index in [2.05, 4.69) is 15.3 Å². The molecule has 64 valence electrons. The maximum atomic E-state index is 11.0. The second kappa shape index (κ2) is 3.68. The average molecular weight is 168 g/mol. The Kier molecular flexibility index (Phi) is 2.60. The number of hydrogen-bond acceptors (Lipinski definition) is 4. The molecule has 1 heterocycles. The lowest BCUT2D eigenvalue weighted by Gasteiger charge is -2.00. The van der Waals surface area contributed by atoms with Crippen molar-refractivity contribution in [2.45, 2.75) is 0 Å². The summed E-state index contributed by atoms with van der Waals surface area (Å²) >= 11 is 0. The van der Waals surface area contributed by atoms with E-state index in [-0.39, 0.29) is 11.3 Å². The van der Waals surface area contributed by atoms with Crippen LogP contribution in [0.25, 0.3) is 0 Å². The summed E-state index contributed by atoms with van der Waals surface area (Å²) in [6.07, 6.45) is 2.57. The van der Waals surface area contributed by atoms with E-state index in [9.17, 15) is 4.79 Å². The molecule has 12 heavy (non-hydrogen) atoms. The standard InChI is InChI=1S/C7H8N2O3/c1-12-9-7(11)5-2-6(10)4-8-3-5/h2-4,10H,1H3,(H,9,11). The predicted octanol–water partition coefficient (Wildman–Crippen LogP) is 0.0784. The number of aromatic nitrogens is 1. The number of carbonyl (C=O) groups is 1. The number of hydrogen-bond donors (Lipinski definition) is 2. The van der Waals surface area contributed by atoms with Crippen molar-refractivity contribution >= 4 is 5.91 Å². The molecule has 0 atom stereocenters. The van der Waals surface area contributed by atoms with Gasteiger partial charge in [-0.2, -0.15) is 0 Å². The third-order valence-electron chi connectivity index (χ3n) is 1.18. The topological polar surface area (TPSA) is 71.5 Å². The maximum absolute atomic E-state index is 11.0. The first kappa shape index (κ1) is 8.48. The monoisotopic (exact) mass is 168 g/mol. The predicted molar refractivity (Wildman–Crippen MR) is 40.4 cm³/mol. The van der Waals surface area contributed by atoms with E-state index < -0.39 is 5.91 Å². The number of hydroxylamine groups is 1. The highest BCUT2D eigenvalue weighted by atomic mass is 16.6. The lowest BCUT2D eigenvalue weighted by molar-refractivity contribution is 0.0537. The fourth-order valence-corrected chi connectivity index (χ4v) is 0.704. The molecule has 0 aliphatic carbocycles. The molecule has 1 amide bonds. The number of nitrogens with zero attached hydrogens (tertiary/aromatic N) is 1. The number of nitrogens with one attached hydrogen (secondary N) is 1. The highest BCUT2D eigenvalue weighted by molar-refractivity contribution is 5.93. The Bertz CT molecular complexity index is 288. The van der Waals surface area contributed by atoms with Crippen LogP contribution >= 0.6 is 0 Å². The quantitative estimate of drug-likeness (QED) is 0.613. The van der Waals surface area contributed by atoms with Gasteiger partial charge in [0.15, 0.2) is 0 Å². The molecular formula is C7H8N2O3. The third-order valence-corrected chi connectivity index (χ3v) is 1.18. The molecule has 1 aromatic rings. The van der Waals surface area contributed by atoms with E-state index in [1.165, 1.54) is 25.6 Å². The zero-order valence-electron chi connectivity index (χ0n) is 6.44. The summed E-state index contributed by atoms with van der Waals surface area (Å²) in [5.41, 5.74) is 2.35. The van der Waals surface area contributed by atoms with E-state index in [1.54, 1.807) is 0 Å². The van der Waals surface area contributed by atoms with Crippen LogP contribution in [0, 0.1) is 0 Å². The average Bonchev–Trinajstić information content (AvgIpc) is 2.05. The molecule has 0 unspecified atom stereocenters. The summed E-state index contributed by atoms with van der Waals surface area (Å²) in [7, 11) is 1.33. The Morgan fingerprint density at radius 2 is 2.42 bits per heavy atom. The van der Waals surface area contributed by atoms with Gasteiger partial charge in [-0.15, -0.1) is 0 Å². The van der Waals surface area contributed by atoms with Crippen LogP contribution in [-0.2, 0) is 4.84 Å². The molecule has 0 radical (unpaired) electrons. The normalized spacial score (nSPS) is 9.42. The fourth-order valence-electron chi connectivity index (χ4n) is 0.704. The first-order valence-electron chi connectivity index (χ1n) is 3.21. The first-order valence-corrected chi connectivity index (χ1v) is 3.21. The van der Waals surface area contributed by atoms with Gasteiger partial charge >= 0.3 is 0 Å². The minimum Gasteiger partial charge on any atom is -0.506 e. The van der Waals surface area contributed by atoms with Crippen molar-refractivity contribution in [3.05, 3.63) is 24.0 Å². The molecule has 5 nitrogen and oxygen atoms in total. The fraction of sp³-hybridized carbons (Fsp3) is 0.143. The van der Waals surface area contributed by atoms with Crippen LogP contribution in [0.4, 0.5) is 0 Å². The maximum Gasteiger partial charge on any atom is 0.276 e. The molecule has 0 bridgehead atoms. The van der Waals surface area contributed by atoms with Gasteiger partial charge < -0.3 is 5.11 Å². The molecule has 1 rings (SSSR count). The number of aromatic hydroxyl groups is 1. The zero-order valence-corrected chi connectivity index (χ0v) is 6.44. The van der Waals surface area contributed by atoms with E-state index in [4.69, 9.17) is 5.11 Å². The Morgan fingerprint density at radius 3 is 3.00 bits per heavy atom. The van der Waals surface area contributed by atoms with Crippen molar-refractivity contribution < 1.29 is 14.7 Å². The van der Waals surface area contributed by atoms with Crippen LogP contribution in [0.5, 0.6) is 5.75 Å². The van der Waals surface area contributed by atoms with E-state index in [0.29, 0.717) is 0 Å². The molecule has 0 aliphatic rings. The van der Waals surface area contributed by atoms with Gasteiger partial charge in [-0.3, -0.25) is 14.6 Å². The largest absolute Gasteiger partial charge is 0.506 e. The van der Waals surface area contributed by atoms with Crippen LogP contribution < -0.4 is 5.48 Å². The molecule has 0 aliphatic heterocycles. The minimum atomic E-state index is -0.444. The van der Waals surface area contributed by atoms with Crippen LogP contribution in [0.2, 0.25) is 0 Å². The van der Waals surface area contributed by atoms with E-state index >= 15 is 0 Å². The van der Waals surface area contributed by atoms with E-state index in [0.717, 1.165) is 0 Å². The van der Waals surface area contributed by atoms with Gasteiger partial charge in [0, 0.05) is 6.20 Å². The van der Waals surface area contributed by atoms with Crippen molar-refractivity contribution in [3.63, 3.8) is 0 Å². The first-order chi connectivity index (χ1) is 5.74. The minimum absolute atomic E-state index is 0.0567. The molecule has 5 heteroatoms. The van der Waals surface area contributed by atoms with Gasteiger partial charge in [0.2, 0.25) is 0 Å². The van der Waals surface area contributed by atoms with Crippen molar-refractivity contribution in [2.24, 2.45) is 0 Å². The number of amides is 1. The van der Waals surface area contributed by atoms with Crippen molar-refractivity contribution in [1.82, 2.24) is 10.5 Å². The second-order valence-electron chi connectivity index (χ2n) is 2.07. The molecule has 1 aromatic heterocycles. The van der Waals surface area contributed by atoms with Gasteiger partial charge in [-0.05, 0) is 6.07 Å². The van der Waals surface area contributed by atoms with Gasteiger partial charge in [-0.1, -0.05) is 0 Å². The van der Waals surface area contributed by atoms with Crippen molar-refractivity contribution in [2.75, 3.05) is 7.11 Å². The summed E-state index contributed by atoms with van der Waals surface area (Å²) in [5.74, 6) is -0.500. The van der Waals surface area contributed by atoms with Gasteiger partial charge in [0.25, 0.3) is 5.91 Å². The molecule has 0 saturated carbocycles. The highest BCUT2D eigenvalue weighted by Gasteiger charge is 2.04. The van der Waals surface area contributed by atoms with Crippen LogP contribution in [-0.4, -0.2) is 23.1 Å². The summed E-state index contributed by atoms with van der Waals surface area (Å²) in [6.45, 7) is 0. The number of pyridine rings is 1.